The molecule has 1 fully saturated rings. The van der Waals surface area contributed by atoms with E-state index in [1.807, 2.05) is 29.2 Å². The molecule has 6 nitrogen and oxygen atoms in total. The molecule has 0 spiro atoms. The first-order valence-electron chi connectivity index (χ1n) is 6.18. The molecule has 2 N–H and O–H groups in total. The van der Waals surface area contributed by atoms with Crippen molar-refractivity contribution in [3.05, 3.63) is 30.5 Å². The van der Waals surface area contributed by atoms with Gasteiger partial charge in [0.25, 0.3) is 0 Å². The molecule has 0 radical (unpaired) electrons. The molecule has 1 aromatic heterocycles. The Morgan fingerprint density at radius 2 is 2.26 bits per heavy atom. The van der Waals surface area contributed by atoms with E-state index in [0.29, 0.717) is 18.9 Å². The molecule has 1 unspecified atom stereocenters. The molecule has 0 saturated carbocycles. The van der Waals surface area contributed by atoms with Crippen LogP contribution in [0.25, 0.3) is 10.8 Å². The van der Waals surface area contributed by atoms with Crippen molar-refractivity contribution < 1.29 is 9.90 Å². The molecule has 1 aliphatic heterocycles. The van der Waals surface area contributed by atoms with E-state index in [4.69, 9.17) is 0 Å². The van der Waals surface area contributed by atoms with Gasteiger partial charge in [0.1, 0.15) is 6.04 Å². The normalized spacial score (nSPS) is 19.6. The Kier molecular flexibility index (Phi) is 3.00. The van der Waals surface area contributed by atoms with E-state index in [-0.39, 0.29) is 0 Å². The number of carboxylic acids is 1. The van der Waals surface area contributed by atoms with E-state index < -0.39 is 12.0 Å². The highest BCUT2D eigenvalue weighted by molar-refractivity contribution is 5.93. The Bertz CT molecular complexity index is 611. The van der Waals surface area contributed by atoms with Crippen LogP contribution in [0.4, 0.5) is 5.82 Å². The van der Waals surface area contributed by atoms with Crippen LogP contribution in [0.2, 0.25) is 0 Å². The van der Waals surface area contributed by atoms with Crippen LogP contribution in [-0.4, -0.2) is 46.9 Å². The smallest absolute Gasteiger partial charge is 0.327 e. The SMILES string of the molecule is O=C(O)C1CNCCN1c1nncc2ccccc12. The van der Waals surface area contributed by atoms with Crippen molar-refractivity contribution in [2.75, 3.05) is 24.5 Å². The molecule has 1 aliphatic rings. The Hall–Kier alpha value is -2.21. The molecule has 0 aliphatic carbocycles. The molecule has 1 aromatic carbocycles. The highest BCUT2D eigenvalue weighted by atomic mass is 16.4. The molecule has 1 saturated heterocycles. The van der Waals surface area contributed by atoms with Gasteiger partial charge in [0.05, 0.1) is 6.20 Å². The van der Waals surface area contributed by atoms with Crippen molar-refractivity contribution in [2.45, 2.75) is 6.04 Å². The highest BCUT2D eigenvalue weighted by Crippen LogP contribution is 2.25. The van der Waals surface area contributed by atoms with Gasteiger partial charge in [-0.25, -0.2) is 4.79 Å². The molecule has 6 heteroatoms. The van der Waals surface area contributed by atoms with Gasteiger partial charge in [-0.2, -0.15) is 5.10 Å². The number of piperazine rings is 1. The number of carbonyl (C=O) groups is 1. The van der Waals surface area contributed by atoms with Gasteiger partial charge in [-0.05, 0) is 0 Å². The number of rotatable bonds is 2. The summed E-state index contributed by atoms with van der Waals surface area (Å²) in [7, 11) is 0. The van der Waals surface area contributed by atoms with Gasteiger partial charge < -0.3 is 15.3 Å². The first-order chi connectivity index (χ1) is 9.27. The second-order valence-electron chi connectivity index (χ2n) is 4.51. The van der Waals surface area contributed by atoms with Gasteiger partial charge in [-0.3, -0.25) is 0 Å². The van der Waals surface area contributed by atoms with Crippen molar-refractivity contribution in [2.24, 2.45) is 0 Å². The number of hydrogen-bond donors (Lipinski definition) is 2. The zero-order chi connectivity index (χ0) is 13.2. The number of benzene rings is 1. The summed E-state index contributed by atoms with van der Waals surface area (Å²) in [6, 6.07) is 7.14. The summed E-state index contributed by atoms with van der Waals surface area (Å²) >= 11 is 0. The average Bonchev–Trinajstić information content (AvgIpc) is 2.46. The zero-order valence-electron chi connectivity index (χ0n) is 10.3. The van der Waals surface area contributed by atoms with Crippen molar-refractivity contribution in [1.82, 2.24) is 15.5 Å². The van der Waals surface area contributed by atoms with Crippen molar-refractivity contribution in [3.8, 4) is 0 Å². The average molecular weight is 258 g/mol. The maximum Gasteiger partial charge on any atom is 0.327 e. The second-order valence-corrected chi connectivity index (χ2v) is 4.51. The number of nitrogens with one attached hydrogen (secondary N) is 1. The van der Waals surface area contributed by atoms with Crippen LogP contribution < -0.4 is 10.2 Å². The number of aliphatic carboxylic acids is 1. The number of hydrogen-bond acceptors (Lipinski definition) is 5. The molecular weight excluding hydrogens is 244 g/mol. The van der Waals surface area contributed by atoms with E-state index in [1.54, 1.807) is 6.20 Å². The van der Waals surface area contributed by atoms with Crippen molar-refractivity contribution in [1.29, 1.82) is 0 Å². The van der Waals surface area contributed by atoms with Crippen LogP contribution in [0.3, 0.4) is 0 Å². The Labute approximate surface area is 110 Å². The predicted octanol–water partition coefficient (Wildman–Crippen LogP) is 0.493. The first-order valence-corrected chi connectivity index (χ1v) is 6.18. The topological polar surface area (TPSA) is 78.4 Å². The lowest BCUT2D eigenvalue weighted by molar-refractivity contribution is -0.138. The molecule has 3 rings (SSSR count). The van der Waals surface area contributed by atoms with Crippen LogP contribution in [0.15, 0.2) is 30.5 Å². The maximum atomic E-state index is 11.3. The standard InChI is InChI=1S/C13H14N4O2/c18-13(19)11-8-14-5-6-17(11)12-10-4-2-1-3-9(10)7-15-16-12/h1-4,7,11,14H,5-6,8H2,(H,18,19). The Balaban J connectivity index is 2.09. The van der Waals surface area contributed by atoms with Crippen molar-refractivity contribution in [3.63, 3.8) is 0 Å². The van der Waals surface area contributed by atoms with Gasteiger partial charge in [0.15, 0.2) is 5.82 Å². The number of fused-ring (bicyclic) bond motifs is 1. The summed E-state index contributed by atoms with van der Waals surface area (Å²) in [5.41, 5.74) is 0. The minimum absolute atomic E-state index is 0.417. The Morgan fingerprint density at radius 3 is 3.11 bits per heavy atom. The van der Waals surface area contributed by atoms with E-state index in [0.717, 1.165) is 17.3 Å². The van der Waals surface area contributed by atoms with E-state index in [9.17, 15) is 9.90 Å². The summed E-state index contributed by atoms with van der Waals surface area (Å²) in [6.45, 7) is 1.77. The third-order valence-electron chi connectivity index (χ3n) is 3.35. The van der Waals surface area contributed by atoms with Gasteiger partial charge in [-0.15, -0.1) is 5.10 Å². The monoisotopic (exact) mass is 258 g/mol. The fraction of sp³-hybridized carbons (Fsp3) is 0.308. The third kappa shape index (κ3) is 2.10. The van der Waals surface area contributed by atoms with Gasteiger partial charge >= 0.3 is 5.97 Å². The fourth-order valence-electron chi connectivity index (χ4n) is 2.40. The largest absolute Gasteiger partial charge is 0.480 e. The fourth-order valence-corrected chi connectivity index (χ4v) is 2.40. The lowest BCUT2D eigenvalue weighted by atomic mass is 10.1. The summed E-state index contributed by atoms with van der Waals surface area (Å²) in [4.78, 5) is 13.2. The summed E-state index contributed by atoms with van der Waals surface area (Å²) < 4.78 is 0. The van der Waals surface area contributed by atoms with Gasteiger partial charge in [-0.1, -0.05) is 24.3 Å². The molecule has 2 aromatic rings. The van der Waals surface area contributed by atoms with Crippen LogP contribution >= 0.6 is 0 Å². The van der Waals surface area contributed by atoms with Crippen LogP contribution in [0, 0.1) is 0 Å². The Morgan fingerprint density at radius 1 is 1.42 bits per heavy atom. The van der Waals surface area contributed by atoms with Gasteiger partial charge in [0.2, 0.25) is 0 Å². The maximum absolute atomic E-state index is 11.3. The molecule has 0 amide bonds. The van der Waals surface area contributed by atoms with Crippen molar-refractivity contribution >= 4 is 22.6 Å². The summed E-state index contributed by atoms with van der Waals surface area (Å²) in [5.74, 6) is -0.200. The number of aromatic nitrogens is 2. The number of anilines is 1. The quantitative estimate of drug-likeness (QED) is 0.816. The lowest BCUT2D eigenvalue weighted by Crippen LogP contribution is -2.55. The molecule has 0 bridgehead atoms. The van der Waals surface area contributed by atoms with Crippen LogP contribution in [-0.2, 0) is 4.79 Å². The number of nitrogens with zero attached hydrogens (tertiary/aromatic N) is 3. The molecule has 2 heterocycles. The minimum atomic E-state index is -0.845. The van der Waals surface area contributed by atoms with Crippen LogP contribution in [0.1, 0.15) is 0 Å². The molecular formula is C13H14N4O2. The third-order valence-corrected chi connectivity index (χ3v) is 3.35. The lowest BCUT2D eigenvalue weighted by Gasteiger charge is -2.34. The number of carboxylic acid groups (broad SMARTS) is 1. The van der Waals surface area contributed by atoms with Crippen LogP contribution in [0.5, 0.6) is 0 Å². The molecule has 1 atom stereocenters. The first kappa shape index (κ1) is 11.9. The highest BCUT2D eigenvalue weighted by Gasteiger charge is 2.30. The second kappa shape index (κ2) is 4.81. The predicted molar refractivity (Wildman–Crippen MR) is 71.2 cm³/mol. The molecule has 19 heavy (non-hydrogen) atoms. The minimum Gasteiger partial charge on any atom is -0.480 e. The zero-order valence-corrected chi connectivity index (χ0v) is 10.3. The summed E-state index contributed by atoms with van der Waals surface area (Å²) in [6.07, 6.45) is 1.69. The van der Waals surface area contributed by atoms with Gasteiger partial charge in [0, 0.05) is 30.4 Å². The van der Waals surface area contributed by atoms with E-state index >= 15 is 0 Å². The van der Waals surface area contributed by atoms with E-state index in [2.05, 4.69) is 15.5 Å². The van der Waals surface area contributed by atoms with E-state index in [1.165, 1.54) is 0 Å². The molecule has 98 valence electrons. The summed E-state index contributed by atoms with van der Waals surface area (Å²) in [5, 5.41) is 22.4.